The molecule has 2 aromatic carbocycles. The molecule has 1 spiro atoms. The maximum absolute atomic E-state index is 12.7. The van der Waals surface area contributed by atoms with Crippen molar-refractivity contribution in [3.63, 3.8) is 0 Å². The predicted octanol–water partition coefficient (Wildman–Crippen LogP) is 3.44. The van der Waals surface area contributed by atoms with Gasteiger partial charge in [-0.25, -0.2) is 0 Å². The van der Waals surface area contributed by atoms with E-state index >= 15 is 0 Å². The average Bonchev–Trinajstić information content (AvgIpc) is 2.63. The van der Waals surface area contributed by atoms with Crippen LogP contribution in [-0.4, -0.2) is 35.5 Å². The molecule has 26 heavy (non-hydrogen) atoms. The Kier molecular flexibility index (Phi) is 4.11. The maximum atomic E-state index is 12.7. The number of carbonyl (C=O) groups excluding carboxylic acids is 2. The normalized spacial score (nSPS) is 18.1. The highest BCUT2D eigenvalue weighted by molar-refractivity contribution is 6.34. The summed E-state index contributed by atoms with van der Waals surface area (Å²) in [5, 5.41) is 7.03. The van der Waals surface area contributed by atoms with Gasteiger partial charge in [-0.3, -0.25) is 9.59 Å². The Balaban J connectivity index is 1.51. The van der Waals surface area contributed by atoms with E-state index in [0.29, 0.717) is 47.8 Å². The summed E-state index contributed by atoms with van der Waals surface area (Å²) in [6, 6.07) is 12.9. The summed E-state index contributed by atoms with van der Waals surface area (Å²) in [6.45, 7) is 3.12. The minimum atomic E-state index is -0.557. The van der Waals surface area contributed by atoms with Crippen molar-refractivity contribution in [1.82, 2.24) is 10.2 Å². The van der Waals surface area contributed by atoms with Crippen LogP contribution in [-0.2, 0) is 0 Å². The molecule has 2 aliphatic heterocycles. The Morgan fingerprint density at radius 3 is 2.58 bits per heavy atom. The van der Waals surface area contributed by atoms with Gasteiger partial charge in [0.05, 0.1) is 16.3 Å². The lowest BCUT2D eigenvalue weighted by Gasteiger charge is -2.46. The summed E-state index contributed by atoms with van der Waals surface area (Å²) in [7, 11) is 0. The number of fused-ring (bicyclic) bond motifs is 1. The molecule has 0 aromatic heterocycles. The van der Waals surface area contributed by atoms with Gasteiger partial charge < -0.3 is 15.5 Å². The van der Waals surface area contributed by atoms with Crippen LogP contribution in [0, 0.1) is 6.92 Å². The number of carbonyl (C=O) groups is 2. The summed E-state index contributed by atoms with van der Waals surface area (Å²) >= 11 is 6.28. The van der Waals surface area contributed by atoms with Gasteiger partial charge in [-0.1, -0.05) is 35.4 Å². The van der Waals surface area contributed by atoms with Gasteiger partial charge in [0.1, 0.15) is 5.66 Å². The van der Waals surface area contributed by atoms with Gasteiger partial charge in [-0.2, -0.15) is 0 Å². The molecule has 2 aromatic rings. The molecule has 0 radical (unpaired) electrons. The number of likely N-dealkylation sites (tertiary alicyclic amines) is 1. The number of amides is 2. The number of para-hydroxylation sites is 1. The summed E-state index contributed by atoms with van der Waals surface area (Å²) in [4.78, 5) is 27.1. The summed E-state index contributed by atoms with van der Waals surface area (Å²) in [5.74, 6) is -0.0937. The van der Waals surface area contributed by atoms with Gasteiger partial charge in [0.15, 0.2) is 0 Å². The molecule has 2 aliphatic rings. The number of rotatable bonds is 1. The predicted molar refractivity (Wildman–Crippen MR) is 102 cm³/mol. The van der Waals surface area contributed by atoms with Crippen LogP contribution in [0.3, 0.4) is 0 Å². The highest BCUT2D eigenvalue weighted by atomic mass is 35.5. The first-order valence-corrected chi connectivity index (χ1v) is 9.10. The summed E-state index contributed by atoms with van der Waals surface area (Å²) in [6.07, 6.45) is 1.25. The third-order valence-corrected chi connectivity index (χ3v) is 5.46. The molecule has 2 heterocycles. The number of piperidine rings is 1. The van der Waals surface area contributed by atoms with E-state index < -0.39 is 5.66 Å². The van der Waals surface area contributed by atoms with E-state index in [1.54, 1.807) is 18.2 Å². The highest BCUT2D eigenvalue weighted by Crippen LogP contribution is 2.35. The minimum Gasteiger partial charge on any atom is -0.361 e. The van der Waals surface area contributed by atoms with Crippen LogP contribution in [0.4, 0.5) is 5.69 Å². The first-order valence-electron chi connectivity index (χ1n) is 8.73. The first-order chi connectivity index (χ1) is 12.5. The maximum Gasteiger partial charge on any atom is 0.255 e. The number of benzene rings is 2. The largest absolute Gasteiger partial charge is 0.361 e. The monoisotopic (exact) mass is 369 g/mol. The number of hydrogen-bond donors (Lipinski definition) is 2. The molecule has 0 aliphatic carbocycles. The van der Waals surface area contributed by atoms with Gasteiger partial charge in [-0.15, -0.1) is 0 Å². The van der Waals surface area contributed by atoms with Gasteiger partial charge in [0.25, 0.3) is 11.8 Å². The topological polar surface area (TPSA) is 61.4 Å². The Labute approximate surface area is 157 Å². The second-order valence-corrected chi connectivity index (χ2v) is 7.39. The summed E-state index contributed by atoms with van der Waals surface area (Å²) in [5.41, 5.74) is 2.45. The van der Waals surface area contributed by atoms with E-state index in [9.17, 15) is 9.59 Å². The molecule has 0 atom stereocenters. The molecule has 1 fully saturated rings. The molecule has 0 unspecified atom stereocenters. The number of anilines is 1. The third-order valence-electron chi connectivity index (χ3n) is 5.14. The zero-order valence-corrected chi connectivity index (χ0v) is 15.3. The van der Waals surface area contributed by atoms with Crippen molar-refractivity contribution in [1.29, 1.82) is 0 Å². The number of halogens is 1. The number of nitrogens with zero attached hydrogens (tertiary/aromatic N) is 1. The van der Waals surface area contributed by atoms with Crippen LogP contribution in [0.5, 0.6) is 0 Å². The number of hydrogen-bond acceptors (Lipinski definition) is 3. The van der Waals surface area contributed by atoms with E-state index in [2.05, 4.69) is 10.6 Å². The number of aryl methyl sites for hydroxylation is 1. The van der Waals surface area contributed by atoms with Crippen LogP contribution in [0.25, 0.3) is 0 Å². The quantitative estimate of drug-likeness (QED) is 0.809. The van der Waals surface area contributed by atoms with Crippen LogP contribution in [0.1, 0.15) is 39.1 Å². The van der Waals surface area contributed by atoms with E-state index in [4.69, 9.17) is 11.6 Å². The fourth-order valence-electron chi connectivity index (χ4n) is 3.70. The Bertz CT molecular complexity index is 888. The van der Waals surface area contributed by atoms with Gasteiger partial charge >= 0.3 is 0 Å². The summed E-state index contributed by atoms with van der Waals surface area (Å²) < 4.78 is 0. The van der Waals surface area contributed by atoms with Crippen LogP contribution in [0.15, 0.2) is 42.5 Å². The van der Waals surface area contributed by atoms with Crippen molar-refractivity contribution in [3.05, 3.63) is 64.2 Å². The molecule has 1 saturated heterocycles. The Hall–Kier alpha value is -2.53. The van der Waals surface area contributed by atoms with E-state index in [0.717, 1.165) is 5.56 Å². The zero-order valence-electron chi connectivity index (χ0n) is 14.5. The standard InChI is InChI=1S/C20H20ClN3O2/c1-13-4-2-5-14(12-13)19(26)24-10-8-20(9-11-24)22-17-15(18(25)23-20)6-3-7-16(17)21/h2-7,12,22H,8-11H2,1H3,(H,23,25). The zero-order chi connectivity index (χ0) is 18.3. The molecule has 5 nitrogen and oxygen atoms in total. The van der Waals surface area contributed by atoms with Crippen LogP contribution in [0.2, 0.25) is 5.02 Å². The Morgan fingerprint density at radius 2 is 1.85 bits per heavy atom. The number of nitrogens with one attached hydrogen (secondary N) is 2. The van der Waals surface area contributed by atoms with E-state index in [-0.39, 0.29) is 11.8 Å². The van der Waals surface area contributed by atoms with Gasteiger partial charge in [0, 0.05) is 31.5 Å². The van der Waals surface area contributed by atoms with Crippen molar-refractivity contribution in [2.24, 2.45) is 0 Å². The molecule has 4 rings (SSSR count). The molecule has 2 N–H and O–H groups in total. The smallest absolute Gasteiger partial charge is 0.255 e. The Morgan fingerprint density at radius 1 is 1.12 bits per heavy atom. The lowest BCUT2D eigenvalue weighted by atomic mass is 9.92. The van der Waals surface area contributed by atoms with Gasteiger partial charge in [0.2, 0.25) is 0 Å². The SMILES string of the molecule is Cc1cccc(C(=O)N2CCC3(CC2)NC(=O)c2cccc(Cl)c2N3)c1. The van der Waals surface area contributed by atoms with Crippen LogP contribution >= 0.6 is 11.6 Å². The minimum absolute atomic E-state index is 0.0316. The van der Waals surface area contributed by atoms with Crippen molar-refractivity contribution in [2.75, 3.05) is 18.4 Å². The average molecular weight is 370 g/mol. The second-order valence-electron chi connectivity index (χ2n) is 6.99. The fraction of sp³-hybridized carbons (Fsp3) is 0.300. The highest BCUT2D eigenvalue weighted by Gasteiger charge is 2.41. The lowest BCUT2D eigenvalue weighted by Crippen LogP contribution is -2.62. The van der Waals surface area contributed by atoms with E-state index in [1.807, 2.05) is 36.1 Å². The second kappa shape index (κ2) is 6.32. The van der Waals surface area contributed by atoms with Crippen molar-refractivity contribution < 1.29 is 9.59 Å². The molecule has 6 heteroatoms. The van der Waals surface area contributed by atoms with Crippen LogP contribution < -0.4 is 10.6 Å². The molecule has 134 valence electrons. The van der Waals surface area contributed by atoms with Crippen molar-refractivity contribution >= 4 is 29.1 Å². The molecular formula is C20H20ClN3O2. The van der Waals surface area contributed by atoms with Crippen molar-refractivity contribution in [2.45, 2.75) is 25.4 Å². The van der Waals surface area contributed by atoms with Crippen molar-refractivity contribution in [3.8, 4) is 0 Å². The molecule has 0 saturated carbocycles. The van der Waals surface area contributed by atoms with E-state index in [1.165, 1.54) is 0 Å². The molecular weight excluding hydrogens is 350 g/mol. The van der Waals surface area contributed by atoms with Gasteiger partial charge in [-0.05, 0) is 31.2 Å². The molecule has 0 bridgehead atoms. The molecule has 2 amide bonds. The third kappa shape index (κ3) is 2.92. The lowest BCUT2D eigenvalue weighted by molar-refractivity contribution is 0.0639. The fourth-order valence-corrected chi connectivity index (χ4v) is 3.92. The first kappa shape index (κ1) is 16.9.